The minimum Gasteiger partial charge on any atom is -0.344 e. The number of H-pyrrole nitrogens is 1. The molecular weight excluding hydrogens is 265 g/mol. The van der Waals surface area contributed by atoms with Gasteiger partial charge in [-0.3, -0.25) is 0 Å². The van der Waals surface area contributed by atoms with E-state index in [9.17, 15) is 4.39 Å². The van der Waals surface area contributed by atoms with Gasteiger partial charge in [0.15, 0.2) is 0 Å². The lowest BCUT2D eigenvalue weighted by molar-refractivity contribution is 0.546. The number of imidazole rings is 1. The second-order valence-electron chi connectivity index (χ2n) is 6.41. The summed E-state index contributed by atoms with van der Waals surface area (Å²) in [4.78, 5) is 7.87. The van der Waals surface area contributed by atoms with Crippen LogP contribution in [-0.2, 0) is 12.0 Å². The molecule has 0 saturated heterocycles. The Morgan fingerprint density at radius 1 is 1.24 bits per heavy atom. The van der Waals surface area contributed by atoms with Gasteiger partial charge in [0.05, 0.1) is 0 Å². The van der Waals surface area contributed by atoms with Gasteiger partial charge in [-0.05, 0) is 44.0 Å². The van der Waals surface area contributed by atoms with E-state index < -0.39 is 0 Å². The molecule has 0 radical (unpaired) electrons. The van der Waals surface area contributed by atoms with E-state index in [0.29, 0.717) is 5.92 Å². The molecule has 2 N–H and O–H groups in total. The minimum absolute atomic E-state index is 0.215. The van der Waals surface area contributed by atoms with E-state index in [1.54, 1.807) is 0 Å². The van der Waals surface area contributed by atoms with Gasteiger partial charge in [-0.25, -0.2) is 9.37 Å². The zero-order valence-corrected chi connectivity index (χ0v) is 13.2. The zero-order chi connectivity index (χ0) is 15.5. The summed E-state index contributed by atoms with van der Waals surface area (Å²) in [5, 5.41) is 3.39. The highest BCUT2D eigenvalue weighted by Gasteiger charge is 2.26. The van der Waals surface area contributed by atoms with Gasteiger partial charge >= 0.3 is 0 Å². The third-order valence-electron chi connectivity index (χ3n) is 3.65. The first kappa shape index (κ1) is 15.7. The largest absolute Gasteiger partial charge is 0.344 e. The van der Waals surface area contributed by atoms with Gasteiger partial charge in [0.2, 0.25) is 0 Å². The lowest BCUT2D eigenvalue weighted by atomic mass is 9.84. The van der Waals surface area contributed by atoms with Crippen LogP contribution in [0.5, 0.6) is 0 Å². The highest BCUT2D eigenvalue weighted by molar-refractivity contribution is 5.31. The van der Waals surface area contributed by atoms with E-state index in [-0.39, 0.29) is 11.2 Å². The summed E-state index contributed by atoms with van der Waals surface area (Å²) in [5.41, 5.74) is 1.84. The summed E-state index contributed by atoms with van der Waals surface area (Å²) in [7, 11) is 0. The molecule has 3 nitrogen and oxygen atoms in total. The van der Waals surface area contributed by atoms with Crippen LogP contribution in [-0.4, -0.2) is 16.5 Å². The van der Waals surface area contributed by atoms with Gasteiger partial charge in [-0.2, -0.15) is 0 Å². The minimum atomic E-state index is -0.274. The summed E-state index contributed by atoms with van der Waals surface area (Å²) in [6.45, 7) is 10.3. The van der Waals surface area contributed by atoms with Gasteiger partial charge in [0, 0.05) is 23.9 Å². The molecule has 0 bridgehead atoms. The van der Waals surface area contributed by atoms with Crippen molar-refractivity contribution in [2.24, 2.45) is 5.92 Å². The summed E-state index contributed by atoms with van der Waals surface area (Å²) in [6, 6.07) is 6.61. The van der Waals surface area contributed by atoms with E-state index >= 15 is 0 Å². The predicted molar refractivity (Wildman–Crippen MR) is 83.7 cm³/mol. The molecule has 1 heterocycles. The number of benzene rings is 1. The molecule has 0 unspecified atom stereocenters. The van der Waals surface area contributed by atoms with Crippen LogP contribution in [0.25, 0.3) is 0 Å². The second kappa shape index (κ2) is 6.39. The van der Waals surface area contributed by atoms with Crippen molar-refractivity contribution in [2.45, 2.75) is 39.7 Å². The number of halogens is 1. The third kappa shape index (κ3) is 3.91. The maximum atomic E-state index is 13.1. The summed E-state index contributed by atoms with van der Waals surface area (Å²) < 4.78 is 13.1. The number of hydrogen-bond acceptors (Lipinski definition) is 2. The first-order chi connectivity index (χ1) is 9.89. The zero-order valence-electron chi connectivity index (χ0n) is 13.2. The van der Waals surface area contributed by atoms with Crippen LogP contribution in [0.15, 0.2) is 30.5 Å². The summed E-state index contributed by atoms with van der Waals surface area (Å²) in [5.74, 6) is 1.31. The molecule has 0 aliphatic rings. The Bertz CT molecular complexity index is 570. The van der Waals surface area contributed by atoms with E-state index in [1.807, 2.05) is 18.3 Å². The fraction of sp³-hybridized carbons (Fsp3) is 0.471. The Hall–Kier alpha value is -1.68. The third-order valence-corrected chi connectivity index (χ3v) is 3.65. The Labute approximate surface area is 126 Å². The lowest BCUT2D eigenvalue weighted by Crippen LogP contribution is -2.22. The van der Waals surface area contributed by atoms with E-state index in [1.165, 1.54) is 12.1 Å². The molecule has 0 aliphatic carbocycles. The van der Waals surface area contributed by atoms with Gasteiger partial charge in [0.25, 0.3) is 0 Å². The van der Waals surface area contributed by atoms with Crippen molar-refractivity contribution < 1.29 is 4.39 Å². The Morgan fingerprint density at radius 3 is 2.52 bits per heavy atom. The van der Waals surface area contributed by atoms with Gasteiger partial charge in [-0.1, -0.05) is 26.0 Å². The molecule has 1 aromatic carbocycles. The average molecular weight is 289 g/mol. The molecule has 114 valence electrons. The molecule has 21 heavy (non-hydrogen) atoms. The predicted octanol–water partition coefficient (Wildman–Crippen LogP) is 3.62. The molecule has 0 fully saturated rings. The van der Waals surface area contributed by atoms with E-state index in [4.69, 9.17) is 0 Å². The van der Waals surface area contributed by atoms with Crippen molar-refractivity contribution >= 4 is 0 Å². The molecule has 0 saturated carbocycles. The van der Waals surface area contributed by atoms with E-state index in [2.05, 4.69) is 43.0 Å². The Kier molecular flexibility index (Phi) is 4.78. The number of hydrogen-bond donors (Lipinski definition) is 2. The lowest BCUT2D eigenvalue weighted by Gasteiger charge is -2.22. The number of rotatable bonds is 6. The van der Waals surface area contributed by atoms with Crippen LogP contribution in [0.4, 0.5) is 4.39 Å². The molecule has 0 spiro atoms. The van der Waals surface area contributed by atoms with Crippen LogP contribution in [0.1, 0.15) is 44.8 Å². The number of nitrogens with one attached hydrogen (secondary N) is 2. The van der Waals surface area contributed by atoms with Crippen LogP contribution < -0.4 is 5.32 Å². The molecule has 0 atom stereocenters. The molecule has 4 heteroatoms. The Morgan fingerprint density at radius 2 is 1.90 bits per heavy atom. The maximum absolute atomic E-state index is 13.1. The van der Waals surface area contributed by atoms with Crippen molar-refractivity contribution in [3.63, 3.8) is 0 Å². The van der Waals surface area contributed by atoms with Crippen molar-refractivity contribution in [1.29, 1.82) is 0 Å². The molecule has 1 aromatic heterocycles. The molecule has 0 amide bonds. The first-order valence-corrected chi connectivity index (χ1v) is 7.40. The van der Waals surface area contributed by atoms with Crippen LogP contribution >= 0.6 is 0 Å². The van der Waals surface area contributed by atoms with E-state index in [0.717, 1.165) is 30.2 Å². The molecule has 2 rings (SSSR count). The van der Waals surface area contributed by atoms with Crippen molar-refractivity contribution in [3.8, 4) is 0 Å². The quantitative estimate of drug-likeness (QED) is 0.852. The van der Waals surface area contributed by atoms with Crippen LogP contribution in [0.3, 0.4) is 0 Å². The van der Waals surface area contributed by atoms with Crippen LogP contribution in [0, 0.1) is 11.7 Å². The number of nitrogens with zero attached hydrogens (tertiary/aromatic N) is 1. The first-order valence-electron chi connectivity index (χ1n) is 7.40. The van der Waals surface area contributed by atoms with Crippen molar-refractivity contribution in [1.82, 2.24) is 15.3 Å². The smallest absolute Gasteiger partial charge is 0.123 e. The fourth-order valence-electron chi connectivity index (χ4n) is 2.27. The Balaban J connectivity index is 2.10. The van der Waals surface area contributed by atoms with Crippen LogP contribution in [0.2, 0.25) is 0 Å². The van der Waals surface area contributed by atoms with Gasteiger partial charge < -0.3 is 10.3 Å². The molecule has 2 aromatic rings. The molecule has 0 aliphatic heterocycles. The topological polar surface area (TPSA) is 40.7 Å². The van der Waals surface area contributed by atoms with Gasteiger partial charge in [0.1, 0.15) is 11.6 Å². The highest BCUT2D eigenvalue weighted by atomic mass is 19.1. The van der Waals surface area contributed by atoms with Gasteiger partial charge in [-0.15, -0.1) is 0 Å². The normalized spacial score (nSPS) is 12.1. The monoisotopic (exact) mass is 289 g/mol. The maximum Gasteiger partial charge on any atom is 0.123 e. The van der Waals surface area contributed by atoms with Crippen molar-refractivity contribution in [2.75, 3.05) is 6.54 Å². The number of aromatic amines is 1. The number of aromatic nitrogens is 2. The summed E-state index contributed by atoms with van der Waals surface area (Å²) >= 11 is 0. The highest BCUT2D eigenvalue weighted by Crippen LogP contribution is 2.29. The SMILES string of the molecule is CC(C)CNCc1cnc(C(C)(C)c2ccc(F)cc2)[nH]1. The standard InChI is InChI=1S/C17H24FN3/c1-12(2)9-19-10-15-11-20-16(21-15)17(3,4)13-5-7-14(18)8-6-13/h5-8,11-12,19H,9-10H2,1-4H3,(H,20,21). The second-order valence-corrected chi connectivity index (χ2v) is 6.41. The average Bonchev–Trinajstić information content (AvgIpc) is 2.88. The van der Waals surface area contributed by atoms with Crippen molar-refractivity contribution in [3.05, 3.63) is 53.4 Å². The molecular formula is C17H24FN3. The fourth-order valence-corrected chi connectivity index (χ4v) is 2.27. The summed E-state index contributed by atoms with van der Waals surface area (Å²) in [6.07, 6.45) is 1.87.